The molecule has 14 nitrogen and oxygen atoms in total. The average Bonchev–Trinajstić information content (AvgIpc) is 2.74. The summed E-state index contributed by atoms with van der Waals surface area (Å²) in [6.45, 7) is 0.371. The van der Waals surface area contributed by atoms with Crippen molar-refractivity contribution in [3.8, 4) is 0 Å². The normalized spacial score (nSPS) is 14.2. The summed E-state index contributed by atoms with van der Waals surface area (Å²) in [5.41, 5.74) is 16.0. The summed E-state index contributed by atoms with van der Waals surface area (Å²) in [5.74, 6) is -5.79. The number of carboxylic acids is 2. The van der Waals surface area contributed by atoms with Crippen molar-refractivity contribution >= 4 is 47.3 Å². The fraction of sp³-hybridized carbons (Fsp3) is 0.684. The lowest BCUT2D eigenvalue weighted by molar-refractivity contribution is -0.142. The fourth-order valence-corrected chi connectivity index (χ4v) is 3.24. The van der Waals surface area contributed by atoms with E-state index in [2.05, 4.69) is 16.0 Å². The van der Waals surface area contributed by atoms with E-state index in [1.54, 1.807) is 6.26 Å². The number of aliphatic carboxylic acids is 2. The molecule has 0 fully saturated rings. The molecule has 0 aliphatic heterocycles. The summed E-state index contributed by atoms with van der Waals surface area (Å²) < 4.78 is 0. The number of hydrogen-bond acceptors (Lipinski definition) is 9. The molecule has 0 spiro atoms. The molecule has 0 aromatic heterocycles. The number of hydrogen-bond donors (Lipinski definition) is 8. The van der Waals surface area contributed by atoms with Crippen LogP contribution >= 0.6 is 11.8 Å². The highest BCUT2D eigenvalue weighted by atomic mass is 32.2. The molecule has 194 valence electrons. The molecule has 34 heavy (non-hydrogen) atoms. The summed E-state index contributed by atoms with van der Waals surface area (Å²) in [4.78, 5) is 71.2. The standard InChI is InChI=1S/C19H34N6O8S/c1-34-7-5-11(17(30)24-12(19(32)33)4-2-3-6-20)23-18(31)13(9-14(22)26)25-16(29)10(21)8-15(27)28/h10-13H,2-9,20-21H2,1H3,(H2,22,26)(H,23,31)(H,24,30)(H,25,29)(H,27,28)(H,32,33). The smallest absolute Gasteiger partial charge is 0.326 e. The van der Waals surface area contributed by atoms with E-state index in [9.17, 15) is 33.9 Å². The molecule has 0 rings (SSSR count). The number of carbonyl (C=O) groups excluding carboxylic acids is 4. The minimum Gasteiger partial charge on any atom is -0.481 e. The molecule has 0 aliphatic carbocycles. The fourth-order valence-electron chi connectivity index (χ4n) is 2.77. The topological polar surface area (TPSA) is 257 Å². The highest BCUT2D eigenvalue weighted by Gasteiger charge is 2.31. The summed E-state index contributed by atoms with van der Waals surface area (Å²) in [6, 6.07) is -5.37. The van der Waals surface area contributed by atoms with Crippen LogP contribution in [-0.2, 0) is 28.8 Å². The number of nitrogens with two attached hydrogens (primary N) is 3. The zero-order chi connectivity index (χ0) is 26.3. The van der Waals surface area contributed by atoms with Gasteiger partial charge in [-0.1, -0.05) is 0 Å². The van der Waals surface area contributed by atoms with E-state index in [1.165, 1.54) is 11.8 Å². The first-order valence-corrected chi connectivity index (χ1v) is 11.9. The maximum atomic E-state index is 12.8. The lowest BCUT2D eigenvalue weighted by Gasteiger charge is -2.24. The predicted octanol–water partition coefficient (Wildman–Crippen LogP) is -2.92. The second kappa shape index (κ2) is 16.7. The van der Waals surface area contributed by atoms with E-state index in [0.717, 1.165) is 0 Å². The zero-order valence-corrected chi connectivity index (χ0v) is 19.8. The molecule has 4 unspecified atom stereocenters. The maximum Gasteiger partial charge on any atom is 0.326 e. The Morgan fingerprint density at radius 3 is 1.88 bits per heavy atom. The first-order valence-electron chi connectivity index (χ1n) is 10.5. The molecule has 0 bridgehead atoms. The average molecular weight is 507 g/mol. The molecule has 0 aliphatic rings. The van der Waals surface area contributed by atoms with Gasteiger partial charge in [0, 0.05) is 0 Å². The number of rotatable bonds is 18. The van der Waals surface area contributed by atoms with Crippen molar-refractivity contribution in [3.05, 3.63) is 0 Å². The Morgan fingerprint density at radius 2 is 1.38 bits per heavy atom. The third-order valence-corrected chi connectivity index (χ3v) is 5.22. The highest BCUT2D eigenvalue weighted by Crippen LogP contribution is 2.06. The van der Waals surface area contributed by atoms with Crippen LogP contribution in [0.3, 0.4) is 0 Å². The van der Waals surface area contributed by atoms with Gasteiger partial charge in [0.2, 0.25) is 23.6 Å². The molecule has 4 atom stereocenters. The minimum atomic E-state index is -1.52. The van der Waals surface area contributed by atoms with Crippen LogP contribution in [0.1, 0.15) is 38.5 Å². The Bertz CT molecular complexity index is 738. The summed E-state index contributed by atoms with van der Waals surface area (Å²) in [5, 5.41) is 25.1. The van der Waals surface area contributed by atoms with Gasteiger partial charge in [-0.2, -0.15) is 11.8 Å². The molecular weight excluding hydrogens is 472 g/mol. The quantitative estimate of drug-likeness (QED) is 0.0873. The van der Waals surface area contributed by atoms with Gasteiger partial charge >= 0.3 is 11.9 Å². The summed E-state index contributed by atoms with van der Waals surface area (Å²) >= 11 is 1.38. The number of unbranched alkanes of at least 4 members (excludes halogenated alkanes) is 1. The monoisotopic (exact) mass is 506 g/mol. The molecule has 0 aromatic carbocycles. The van der Waals surface area contributed by atoms with Gasteiger partial charge in [0.15, 0.2) is 0 Å². The van der Waals surface area contributed by atoms with Crippen molar-refractivity contribution in [1.29, 1.82) is 0 Å². The van der Waals surface area contributed by atoms with Crippen LogP contribution in [0.15, 0.2) is 0 Å². The lowest BCUT2D eigenvalue weighted by Crippen LogP contribution is -2.58. The van der Waals surface area contributed by atoms with Crippen LogP contribution in [0.4, 0.5) is 0 Å². The van der Waals surface area contributed by atoms with E-state index < -0.39 is 72.6 Å². The van der Waals surface area contributed by atoms with Crippen molar-refractivity contribution in [2.45, 2.75) is 62.7 Å². The second-order valence-corrected chi connectivity index (χ2v) is 8.45. The van der Waals surface area contributed by atoms with Crippen LogP contribution in [0.25, 0.3) is 0 Å². The summed E-state index contributed by atoms with van der Waals surface area (Å²) in [7, 11) is 0. The lowest BCUT2D eigenvalue weighted by atomic mass is 10.1. The molecule has 11 N–H and O–H groups in total. The van der Waals surface area contributed by atoms with Crippen molar-refractivity contribution in [2.24, 2.45) is 17.2 Å². The highest BCUT2D eigenvalue weighted by molar-refractivity contribution is 7.98. The number of thioether (sulfide) groups is 1. The summed E-state index contributed by atoms with van der Waals surface area (Å²) in [6.07, 6.45) is 1.74. The van der Waals surface area contributed by atoms with E-state index in [-0.39, 0.29) is 12.8 Å². The predicted molar refractivity (Wildman–Crippen MR) is 123 cm³/mol. The van der Waals surface area contributed by atoms with Crippen molar-refractivity contribution in [1.82, 2.24) is 16.0 Å². The van der Waals surface area contributed by atoms with Gasteiger partial charge in [0.1, 0.15) is 18.1 Å². The molecular formula is C19H34N6O8S. The molecule has 4 amide bonds. The van der Waals surface area contributed by atoms with Gasteiger partial charge in [-0.25, -0.2) is 4.79 Å². The molecule has 0 saturated carbocycles. The molecule has 15 heteroatoms. The second-order valence-electron chi connectivity index (χ2n) is 7.46. The Hall–Kier alpha value is -2.91. The number of nitrogens with one attached hydrogen (secondary N) is 3. The van der Waals surface area contributed by atoms with Gasteiger partial charge in [0.05, 0.1) is 18.9 Å². The number of amides is 4. The van der Waals surface area contributed by atoms with Gasteiger partial charge in [0.25, 0.3) is 0 Å². The molecule has 0 saturated heterocycles. The van der Waals surface area contributed by atoms with Crippen LogP contribution in [0, 0.1) is 0 Å². The van der Waals surface area contributed by atoms with Crippen LogP contribution < -0.4 is 33.2 Å². The van der Waals surface area contributed by atoms with E-state index >= 15 is 0 Å². The van der Waals surface area contributed by atoms with E-state index in [0.29, 0.717) is 25.1 Å². The zero-order valence-electron chi connectivity index (χ0n) is 19.0. The molecule has 0 radical (unpaired) electrons. The number of primary amides is 1. The first-order chi connectivity index (χ1) is 15.9. The van der Waals surface area contributed by atoms with E-state index in [1.807, 2.05) is 0 Å². The Kier molecular flexibility index (Phi) is 15.2. The number of carboxylic acid groups (broad SMARTS) is 2. The molecule has 0 aromatic rings. The third kappa shape index (κ3) is 13.0. The van der Waals surface area contributed by atoms with Gasteiger partial charge in [-0.05, 0) is 44.2 Å². The maximum absolute atomic E-state index is 12.8. The van der Waals surface area contributed by atoms with Gasteiger partial charge < -0.3 is 43.4 Å². The van der Waals surface area contributed by atoms with Crippen molar-refractivity contribution in [2.75, 3.05) is 18.6 Å². The SMILES string of the molecule is CSCCC(NC(=O)C(CC(N)=O)NC(=O)C(N)CC(=O)O)C(=O)NC(CCCCN)C(=O)O. The van der Waals surface area contributed by atoms with Crippen molar-refractivity contribution < 1.29 is 39.0 Å². The van der Waals surface area contributed by atoms with E-state index in [4.69, 9.17) is 22.3 Å². The van der Waals surface area contributed by atoms with Crippen LogP contribution in [0.5, 0.6) is 0 Å². The first kappa shape index (κ1) is 31.1. The molecule has 0 heterocycles. The largest absolute Gasteiger partial charge is 0.481 e. The van der Waals surface area contributed by atoms with Crippen LogP contribution in [0.2, 0.25) is 0 Å². The van der Waals surface area contributed by atoms with Crippen molar-refractivity contribution in [3.63, 3.8) is 0 Å². The van der Waals surface area contributed by atoms with Crippen LogP contribution in [-0.4, -0.2) is 88.5 Å². The third-order valence-electron chi connectivity index (χ3n) is 4.57. The minimum absolute atomic E-state index is 0.129. The Labute approximate surface area is 201 Å². The Morgan fingerprint density at radius 1 is 0.824 bits per heavy atom. The van der Waals surface area contributed by atoms with Gasteiger partial charge in [-0.15, -0.1) is 0 Å². The van der Waals surface area contributed by atoms with Gasteiger partial charge in [-0.3, -0.25) is 24.0 Å². The number of carbonyl (C=O) groups is 6. The Balaban J connectivity index is 5.44.